The van der Waals surface area contributed by atoms with Crippen molar-refractivity contribution in [3.63, 3.8) is 0 Å². The van der Waals surface area contributed by atoms with Crippen molar-refractivity contribution < 1.29 is 9.53 Å². The van der Waals surface area contributed by atoms with Crippen LogP contribution in [0.25, 0.3) is 16.6 Å². The fraction of sp³-hybridized carbons (Fsp3) is 0.360. The van der Waals surface area contributed by atoms with Gasteiger partial charge >= 0.3 is 0 Å². The quantitative estimate of drug-likeness (QED) is 0.492. The van der Waals surface area contributed by atoms with Crippen LogP contribution in [0.4, 0.5) is 5.82 Å². The minimum absolute atomic E-state index is 0.0178. The number of hydrogen-bond donors (Lipinski definition) is 1. The van der Waals surface area contributed by atoms with Crippen LogP contribution in [-0.4, -0.2) is 51.8 Å². The van der Waals surface area contributed by atoms with Crippen LogP contribution in [0.3, 0.4) is 0 Å². The van der Waals surface area contributed by atoms with Crippen molar-refractivity contribution in [2.24, 2.45) is 0 Å². The molecular weight excluding hydrogens is 416 g/mol. The van der Waals surface area contributed by atoms with Gasteiger partial charge in [0.15, 0.2) is 5.65 Å². The highest BCUT2D eigenvalue weighted by atomic mass is 16.5. The molecule has 1 amide bonds. The summed E-state index contributed by atoms with van der Waals surface area (Å²) in [5.41, 5.74) is 5.88. The summed E-state index contributed by atoms with van der Waals surface area (Å²) in [6.45, 7) is 7.65. The highest BCUT2D eigenvalue weighted by Crippen LogP contribution is 2.23. The molecule has 33 heavy (non-hydrogen) atoms. The molecule has 1 saturated heterocycles. The number of carbonyl (C=O) groups is 1. The first-order valence-electron chi connectivity index (χ1n) is 11.4. The zero-order valence-corrected chi connectivity index (χ0v) is 19.0. The smallest absolute Gasteiger partial charge is 0.220 e. The summed E-state index contributed by atoms with van der Waals surface area (Å²) in [5.74, 6) is 0.951. The van der Waals surface area contributed by atoms with Gasteiger partial charge in [0, 0.05) is 49.0 Å². The minimum atomic E-state index is 0.0178. The first kappa shape index (κ1) is 21.3. The first-order chi connectivity index (χ1) is 16.1. The summed E-state index contributed by atoms with van der Waals surface area (Å²) in [5, 5.41) is 8.79. The van der Waals surface area contributed by atoms with Crippen molar-refractivity contribution in [2.45, 2.75) is 33.2 Å². The number of morpholine rings is 1. The molecule has 170 valence electrons. The molecule has 8 heteroatoms. The lowest BCUT2D eigenvalue weighted by molar-refractivity contribution is -0.121. The molecule has 0 radical (unpaired) electrons. The average Bonchev–Trinajstić information content (AvgIpc) is 3.22. The van der Waals surface area contributed by atoms with Gasteiger partial charge in [0.1, 0.15) is 5.82 Å². The maximum atomic E-state index is 12.6. The number of nitrogens with zero attached hydrogens (tertiary/aromatic N) is 5. The van der Waals surface area contributed by atoms with Gasteiger partial charge in [0.2, 0.25) is 5.91 Å². The second kappa shape index (κ2) is 9.15. The number of aromatic nitrogens is 4. The van der Waals surface area contributed by atoms with Gasteiger partial charge < -0.3 is 15.0 Å². The number of pyridine rings is 1. The first-order valence-corrected chi connectivity index (χ1v) is 11.4. The van der Waals surface area contributed by atoms with Crippen LogP contribution in [0.1, 0.15) is 28.9 Å². The van der Waals surface area contributed by atoms with Gasteiger partial charge in [-0.1, -0.05) is 12.1 Å². The largest absolute Gasteiger partial charge is 0.378 e. The zero-order chi connectivity index (χ0) is 22.8. The molecule has 4 aromatic rings. The van der Waals surface area contributed by atoms with Crippen LogP contribution in [0.15, 0.2) is 42.6 Å². The van der Waals surface area contributed by atoms with Crippen molar-refractivity contribution in [3.8, 4) is 0 Å². The molecule has 0 saturated carbocycles. The van der Waals surface area contributed by atoms with Crippen LogP contribution in [0.5, 0.6) is 0 Å². The SMILES string of the molecule is Cc1nc2c3ccccc3nn2c(C)c1CCC(=O)NCc1ccnc(N2CCOCC2)c1. The van der Waals surface area contributed by atoms with Gasteiger partial charge in [-0.25, -0.2) is 14.5 Å². The van der Waals surface area contributed by atoms with Crippen LogP contribution in [-0.2, 0) is 22.5 Å². The van der Waals surface area contributed by atoms with E-state index in [1.165, 1.54) is 0 Å². The number of amides is 1. The van der Waals surface area contributed by atoms with E-state index in [9.17, 15) is 4.79 Å². The molecule has 5 rings (SSSR count). The van der Waals surface area contributed by atoms with Crippen LogP contribution < -0.4 is 10.2 Å². The molecule has 1 aromatic carbocycles. The highest BCUT2D eigenvalue weighted by molar-refractivity contribution is 5.92. The van der Waals surface area contributed by atoms with Gasteiger partial charge in [-0.3, -0.25) is 4.79 Å². The number of ether oxygens (including phenoxy) is 1. The summed E-state index contributed by atoms with van der Waals surface area (Å²) in [4.78, 5) is 24.1. The maximum absolute atomic E-state index is 12.6. The average molecular weight is 445 g/mol. The summed E-state index contributed by atoms with van der Waals surface area (Å²) < 4.78 is 7.31. The molecule has 0 bridgehead atoms. The lowest BCUT2D eigenvalue weighted by atomic mass is 10.1. The van der Waals surface area contributed by atoms with E-state index >= 15 is 0 Å². The summed E-state index contributed by atoms with van der Waals surface area (Å²) in [7, 11) is 0. The van der Waals surface area contributed by atoms with Crippen LogP contribution in [0.2, 0.25) is 0 Å². The third-order valence-corrected chi connectivity index (χ3v) is 6.25. The Bertz CT molecular complexity index is 1310. The monoisotopic (exact) mass is 444 g/mol. The van der Waals surface area contributed by atoms with Crippen LogP contribution >= 0.6 is 0 Å². The predicted octanol–water partition coefficient (Wildman–Crippen LogP) is 2.98. The molecule has 1 N–H and O–H groups in total. The Balaban J connectivity index is 1.24. The molecule has 1 aliphatic heterocycles. The number of rotatable bonds is 6. The topological polar surface area (TPSA) is 84.7 Å². The Morgan fingerprint density at radius 1 is 1.15 bits per heavy atom. The number of carbonyl (C=O) groups excluding carboxylic acids is 1. The van der Waals surface area contributed by atoms with E-state index in [0.717, 1.165) is 71.2 Å². The van der Waals surface area contributed by atoms with E-state index in [2.05, 4.69) is 15.2 Å². The minimum Gasteiger partial charge on any atom is -0.378 e. The van der Waals surface area contributed by atoms with E-state index in [1.54, 1.807) is 6.20 Å². The maximum Gasteiger partial charge on any atom is 0.220 e. The Labute approximate surface area is 192 Å². The number of benzene rings is 1. The van der Waals surface area contributed by atoms with Gasteiger partial charge in [-0.15, -0.1) is 0 Å². The number of aryl methyl sites for hydroxylation is 2. The van der Waals surface area contributed by atoms with Gasteiger partial charge in [-0.05, 0) is 55.7 Å². The molecule has 3 aromatic heterocycles. The normalized spacial score (nSPS) is 14.2. The number of nitrogens with one attached hydrogen (secondary N) is 1. The molecule has 4 heterocycles. The molecule has 0 atom stereocenters. The van der Waals surface area contributed by atoms with E-state index in [4.69, 9.17) is 14.8 Å². The molecule has 0 spiro atoms. The van der Waals surface area contributed by atoms with Crippen molar-refractivity contribution in [2.75, 3.05) is 31.2 Å². The summed E-state index contributed by atoms with van der Waals surface area (Å²) >= 11 is 0. The van der Waals surface area contributed by atoms with Crippen molar-refractivity contribution in [1.29, 1.82) is 0 Å². The summed E-state index contributed by atoms with van der Waals surface area (Å²) in [6.07, 6.45) is 2.82. The standard InChI is InChI=1S/C25H28N6O2/c1-17-20(18(2)31-25(28-17)21-5-3-4-6-22(21)29-31)7-8-24(32)27-16-19-9-10-26-23(15-19)30-11-13-33-14-12-30/h3-6,9-10,15H,7-8,11-14,16H2,1-2H3,(H,27,32). The molecule has 8 nitrogen and oxygen atoms in total. The second-order valence-electron chi connectivity index (χ2n) is 8.41. The number of hydrogen-bond acceptors (Lipinski definition) is 6. The van der Waals surface area contributed by atoms with Gasteiger partial charge in [0.25, 0.3) is 0 Å². The Kier molecular flexibility index (Phi) is 5.92. The fourth-order valence-electron chi connectivity index (χ4n) is 4.40. The highest BCUT2D eigenvalue weighted by Gasteiger charge is 2.16. The Hall–Kier alpha value is -3.52. The molecule has 0 aliphatic carbocycles. The second-order valence-corrected chi connectivity index (χ2v) is 8.41. The zero-order valence-electron chi connectivity index (χ0n) is 19.0. The third-order valence-electron chi connectivity index (χ3n) is 6.25. The van der Waals surface area contributed by atoms with E-state index in [-0.39, 0.29) is 5.91 Å². The lowest BCUT2D eigenvalue weighted by Crippen LogP contribution is -2.36. The van der Waals surface area contributed by atoms with Gasteiger partial charge in [-0.2, -0.15) is 5.10 Å². The summed E-state index contributed by atoms with van der Waals surface area (Å²) in [6, 6.07) is 12.0. The van der Waals surface area contributed by atoms with E-state index in [1.807, 2.05) is 54.8 Å². The molecule has 1 aliphatic rings. The fourth-order valence-corrected chi connectivity index (χ4v) is 4.40. The van der Waals surface area contributed by atoms with Gasteiger partial charge in [0.05, 0.1) is 18.7 Å². The Morgan fingerprint density at radius 2 is 1.97 bits per heavy atom. The molecular formula is C25H28N6O2. The number of fused-ring (bicyclic) bond motifs is 3. The van der Waals surface area contributed by atoms with Crippen molar-refractivity contribution in [3.05, 3.63) is 65.1 Å². The molecule has 0 unspecified atom stereocenters. The van der Waals surface area contributed by atoms with Crippen molar-refractivity contribution in [1.82, 2.24) is 24.9 Å². The van der Waals surface area contributed by atoms with E-state index in [0.29, 0.717) is 19.4 Å². The van der Waals surface area contributed by atoms with Crippen LogP contribution in [0, 0.1) is 13.8 Å². The predicted molar refractivity (Wildman–Crippen MR) is 127 cm³/mol. The van der Waals surface area contributed by atoms with Crippen molar-refractivity contribution >= 4 is 28.3 Å². The van der Waals surface area contributed by atoms with E-state index < -0.39 is 0 Å². The lowest BCUT2D eigenvalue weighted by Gasteiger charge is -2.28. The third kappa shape index (κ3) is 4.39. The number of anilines is 1. The Morgan fingerprint density at radius 3 is 2.82 bits per heavy atom. The molecule has 1 fully saturated rings.